The summed E-state index contributed by atoms with van der Waals surface area (Å²) in [7, 11) is -9.87. The summed E-state index contributed by atoms with van der Waals surface area (Å²) in [5.74, 6) is 1.50. The minimum atomic E-state index is -5.10. The first-order valence-corrected chi connectivity index (χ1v) is 16.9. The molecular weight excluding hydrogens is 594 g/mol. The topological polar surface area (TPSA) is 173 Å². The second-order valence-corrected chi connectivity index (χ2v) is 15.4. The third-order valence-electron chi connectivity index (χ3n) is 10.8. The molecular formula is C27H44Na2O10S2. The van der Waals surface area contributed by atoms with Crippen LogP contribution in [0.15, 0.2) is 11.6 Å². The average molecular weight is 639 g/mol. The summed E-state index contributed by atoms with van der Waals surface area (Å²) >= 11 is 0. The SMILES string of the molecule is CC(C)CCC[C@@H](COS(=O)(=O)[O-])[C@H]1CC[C@H]2[C@@H]3CC=C4[C@@H](O)[C@H](OS(=O)(=O)[O-])[C@H](O)C[C@]4(C)[C@H]3CC[C@]12C.[Na+].[Na+]. The Morgan fingerprint density at radius 2 is 1.66 bits per heavy atom. The predicted molar refractivity (Wildman–Crippen MR) is 140 cm³/mol. The second-order valence-electron chi connectivity index (χ2n) is 13.4. The molecule has 4 rings (SSSR count). The van der Waals surface area contributed by atoms with Crippen LogP contribution in [0.25, 0.3) is 0 Å². The van der Waals surface area contributed by atoms with E-state index >= 15 is 0 Å². The number of aliphatic hydroxyl groups excluding tert-OH is 2. The van der Waals surface area contributed by atoms with Crippen LogP contribution in [-0.2, 0) is 29.2 Å². The van der Waals surface area contributed by atoms with Crippen LogP contribution in [-0.4, -0.2) is 61.1 Å². The first-order valence-electron chi connectivity index (χ1n) is 14.3. The molecule has 0 bridgehead atoms. The number of hydrogen-bond acceptors (Lipinski definition) is 10. The molecule has 0 amide bonds. The Morgan fingerprint density at radius 1 is 1.00 bits per heavy atom. The second kappa shape index (κ2) is 14.4. The first-order chi connectivity index (χ1) is 18.0. The Balaban J connectivity index is 0.00000294. The van der Waals surface area contributed by atoms with Gasteiger partial charge in [0.2, 0.25) is 20.8 Å². The Kier molecular flexibility index (Phi) is 13.6. The van der Waals surface area contributed by atoms with Gasteiger partial charge >= 0.3 is 59.1 Å². The largest absolute Gasteiger partial charge is 1.00 e. The van der Waals surface area contributed by atoms with E-state index in [9.17, 15) is 36.2 Å². The van der Waals surface area contributed by atoms with Gasteiger partial charge < -0.3 is 19.3 Å². The van der Waals surface area contributed by atoms with Gasteiger partial charge in [0.15, 0.2) is 0 Å². The van der Waals surface area contributed by atoms with E-state index in [2.05, 4.69) is 25.0 Å². The summed E-state index contributed by atoms with van der Waals surface area (Å²) in [4.78, 5) is 0. The van der Waals surface area contributed by atoms with Crippen LogP contribution in [0, 0.1) is 46.3 Å². The summed E-state index contributed by atoms with van der Waals surface area (Å²) in [6, 6.07) is 0. The molecule has 0 radical (unpaired) electrons. The van der Waals surface area contributed by atoms with Crippen molar-refractivity contribution in [2.75, 3.05) is 6.61 Å². The van der Waals surface area contributed by atoms with Gasteiger partial charge in [-0.2, -0.15) is 0 Å². The Bertz CT molecular complexity index is 1150. The van der Waals surface area contributed by atoms with Crippen LogP contribution in [0.4, 0.5) is 0 Å². The third kappa shape index (κ3) is 8.41. The van der Waals surface area contributed by atoms with Crippen LogP contribution >= 0.6 is 0 Å². The molecule has 3 fully saturated rings. The molecule has 10 nitrogen and oxygen atoms in total. The molecule has 0 saturated heterocycles. The molecule has 10 atom stereocenters. The van der Waals surface area contributed by atoms with Crippen molar-refractivity contribution in [2.24, 2.45) is 46.3 Å². The average Bonchev–Trinajstić information content (AvgIpc) is 3.14. The Hall–Kier alpha value is 1.40. The zero-order chi connectivity index (χ0) is 29.0. The summed E-state index contributed by atoms with van der Waals surface area (Å²) in [5.41, 5.74) is 0.0149. The molecule has 2 N–H and O–H groups in total. The van der Waals surface area contributed by atoms with Crippen LogP contribution in [0.5, 0.6) is 0 Å². The number of hydrogen-bond donors (Lipinski definition) is 2. The van der Waals surface area contributed by atoms with Gasteiger partial charge in [0.1, 0.15) is 12.2 Å². The van der Waals surface area contributed by atoms with Gasteiger partial charge in [0.05, 0.1) is 12.7 Å². The zero-order valence-electron chi connectivity index (χ0n) is 25.3. The van der Waals surface area contributed by atoms with Gasteiger partial charge in [-0.25, -0.2) is 16.8 Å². The van der Waals surface area contributed by atoms with Crippen molar-refractivity contribution in [3.05, 3.63) is 11.6 Å². The van der Waals surface area contributed by atoms with Crippen LogP contribution < -0.4 is 59.1 Å². The van der Waals surface area contributed by atoms with Crippen molar-refractivity contribution in [3.8, 4) is 0 Å². The molecule has 0 aromatic heterocycles. The number of rotatable bonds is 10. The van der Waals surface area contributed by atoms with E-state index in [4.69, 9.17) is 4.18 Å². The van der Waals surface area contributed by atoms with E-state index in [0.717, 1.165) is 44.9 Å². The monoisotopic (exact) mass is 638 g/mol. The fraction of sp³-hybridized carbons (Fsp3) is 0.926. The van der Waals surface area contributed by atoms with E-state index in [-0.39, 0.29) is 101 Å². The maximum atomic E-state index is 11.3. The molecule has 226 valence electrons. The van der Waals surface area contributed by atoms with E-state index in [1.807, 2.05) is 13.0 Å². The van der Waals surface area contributed by atoms with E-state index in [0.29, 0.717) is 23.8 Å². The maximum Gasteiger partial charge on any atom is 1.00 e. The third-order valence-corrected chi connectivity index (χ3v) is 11.7. The van der Waals surface area contributed by atoms with E-state index < -0.39 is 44.5 Å². The minimum Gasteiger partial charge on any atom is -0.726 e. The summed E-state index contributed by atoms with van der Waals surface area (Å²) in [5, 5.41) is 21.8. The molecule has 41 heavy (non-hydrogen) atoms. The maximum absolute atomic E-state index is 11.3. The van der Waals surface area contributed by atoms with Crippen LogP contribution in [0.3, 0.4) is 0 Å². The van der Waals surface area contributed by atoms with Crippen molar-refractivity contribution < 1.29 is 104 Å². The molecule has 14 heteroatoms. The number of allylic oxidation sites excluding steroid dienone is 1. The summed E-state index contributed by atoms with van der Waals surface area (Å²) in [6.45, 7) is 8.53. The predicted octanol–water partition coefficient (Wildman–Crippen LogP) is -2.72. The van der Waals surface area contributed by atoms with Crippen molar-refractivity contribution >= 4 is 20.8 Å². The molecule has 4 aliphatic carbocycles. The molecule has 0 unspecified atom stereocenters. The smallest absolute Gasteiger partial charge is 0.726 e. The summed E-state index contributed by atoms with van der Waals surface area (Å²) in [6.07, 6.45) is 5.02. The van der Waals surface area contributed by atoms with Gasteiger partial charge in [-0.05, 0) is 96.9 Å². The Morgan fingerprint density at radius 3 is 2.24 bits per heavy atom. The molecule has 3 saturated carbocycles. The normalized spacial score (nSPS) is 39.4. The van der Waals surface area contributed by atoms with Gasteiger partial charge in [-0.1, -0.05) is 46.6 Å². The van der Waals surface area contributed by atoms with Crippen LogP contribution in [0.2, 0.25) is 0 Å². The number of fused-ring (bicyclic) bond motifs is 5. The number of aliphatic hydroxyl groups is 2. The molecule has 0 aliphatic heterocycles. The van der Waals surface area contributed by atoms with Crippen LogP contribution in [0.1, 0.15) is 85.5 Å². The van der Waals surface area contributed by atoms with Crippen molar-refractivity contribution in [1.82, 2.24) is 0 Å². The zero-order valence-corrected chi connectivity index (χ0v) is 31.0. The van der Waals surface area contributed by atoms with Crippen molar-refractivity contribution in [1.29, 1.82) is 0 Å². The molecule has 0 spiro atoms. The van der Waals surface area contributed by atoms with Gasteiger partial charge in [-0.15, -0.1) is 0 Å². The van der Waals surface area contributed by atoms with Gasteiger partial charge in [-0.3, -0.25) is 8.37 Å². The molecule has 0 heterocycles. The minimum absolute atomic E-state index is 0. The van der Waals surface area contributed by atoms with Gasteiger partial charge in [0, 0.05) is 0 Å². The first kappa shape index (κ1) is 38.6. The quantitative estimate of drug-likeness (QED) is 0.111. The fourth-order valence-electron chi connectivity index (χ4n) is 9.21. The van der Waals surface area contributed by atoms with E-state index in [1.54, 1.807) is 0 Å². The Labute approximate surface area is 290 Å². The van der Waals surface area contributed by atoms with Crippen molar-refractivity contribution in [3.63, 3.8) is 0 Å². The standard InChI is InChI=1S/C27H46O10S2.2Na/c1-16(2)6-5-7-17(15-36-38(30,31)32)19-10-11-20-18-8-9-22-24(29)25(37-39(33,34)35)23(28)14-27(22,4)21(18)12-13-26(19,20)3;;/h9,16-21,23-25,28-29H,5-8,10-15H2,1-4H3,(H,30,31,32)(H,33,34,35);;/q;2*+1/p-2/t17-,18-,19+,20-,21-,23+,24+,25+,26+,27+;;/m0../s1. The molecule has 0 aromatic rings. The summed E-state index contributed by atoms with van der Waals surface area (Å²) < 4.78 is 77.0. The van der Waals surface area contributed by atoms with E-state index in [1.165, 1.54) is 0 Å². The molecule has 0 aromatic carbocycles. The molecule has 4 aliphatic rings. The van der Waals surface area contributed by atoms with Gasteiger partial charge in [0.25, 0.3) is 0 Å². The van der Waals surface area contributed by atoms with Crippen molar-refractivity contribution in [2.45, 2.75) is 104 Å². The fourth-order valence-corrected chi connectivity index (χ4v) is 10.1.